The number of alkyl halides is 3. The maximum atomic E-state index is 10.7. The van der Waals surface area contributed by atoms with Gasteiger partial charge in [0.1, 0.15) is 5.69 Å². The van der Waals surface area contributed by atoms with Crippen molar-refractivity contribution >= 4 is 21.9 Å². The molecule has 0 unspecified atom stereocenters. The lowest BCUT2D eigenvalue weighted by Gasteiger charge is -2.08. The Morgan fingerprint density at radius 3 is 2.17 bits per heavy atom. The lowest BCUT2D eigenvalue weighted by molar-refractivity contribution is -0.734. The Bertz CT molecular complexity index is 753. The zero-order valence-corrected chi connectivity index (χ0v) is 13.6. The Morgan fingerprint density at radius 1 is 1.22 bits per heavy atom. The number of nitrogens with zero attached hydrogens (tertiary/aromatic N) is 3. The van der Waals surface area contributed by atoms with Crippen molar-refractivity contribution in [3.05, 3.63) is 36.5 Å². The van der Waals surface area contributed by atoms with E-state index in [4.69, 9.17) is 13.0 Å². The number of hydrogen-bond donors (Lipinski definition) is 0. The first-order valence-electron chi connectivity index (χ1n) is 5.91. The molecule has 0 aliphatic carbocycles. The molecule has 2 rings (SSSR count). The minimum Gasteiger partial charge on any atom is -0.741 e. The summed E-state index contributed by atoms with van der Waals surface area (Å²) in [5.41, 5.74) is -3.57. The number of aromatic nitrogens is 3. The smallest absolute Gasteiger partial charge is 0.485 e. The van der Waals surface area contributed by atoms with Gasteiger partial charge in [0.25, 0.3) is 5.16 Å². The Balaban J connectivity index is 0.000000284. The molecule has 0 atom stereocenters. The van der Waals surface area contributed by atoms with Gasteiger partial charge in [-0.05, 0) is 6.26 Å². The summed E-state index contributed by atoms with van der Waals surface area (Å²) in [5, 5.41) is 5.04. The molecule has 0 bridgehead atoms. The van der Waals surface area contributed by atoms with Gasteiger partial charge in [0, 0.05) is 10.7 Å². The van der Waals surface area contributed by atoms with Crippen LogP contribution in [0.15, 0.2) is 41.7 Å². The van der Waals surface area contributed by atoms with E-state index in [1.54, 1.807) is 16.4 Å². The summed E-state index contributed by atoms with van der Waals surface area (Å²) in [6, 6.07) is 10.1. The molecule has 0 saturated carbocycles. The molecule has 1 aromatic carbocycles. The summed E-state index contributed by atoms with van der Waals surface area (Å²) in [6.45, 7) is 0. The third kappa shape index (κ3) is 6.12. The maximum absolute atomic E-state index is 10.7. The number of rotatable bonds is 2. The summed E-state index contributed by atoms with van der Waals surface area (Å²) >= 11 is 1.55. The summed E-state index contributed by atoms with van der Waals surface area (Å²) in [4.78, 5) is 4.45. The quantitative estimate of drug-likeness (QED) is 0.348. The Kier molecular flexibility index (Phi) is 6.47. The molecule has 0 amide bonds. The predicted molar refractivity (Wildman–Crippen MR) is 76.2 cm³/mol. The van der Waals surface area contributed by atoms with E-state index in [9.17, 15) is 13.2 Å². The molecule has 126 valence electrons. The zero-order valence-electron chi connectivity index (χ0n) is 12.0. The van der Waals surface area contributed by atoms with Crippen LogP contribution in [0.4, 0.5) is 13.2 Å². The van der Waals surface area contributed by atoms with Crippen molar-refractivity contribution in [2.45, 2.75) is 10.7 Å². The third-order valence-electron chi connectivity index (χ3n) is 2.30. The van der Waals surface area contributed by atoms with Crippen LogP contribution in [0.25, 0.3) is 11.3 Å². The molecule has 0 saturated heterocycles. The zero-order chi connectivity index (χ0) is 17.7. The van der Waals surface area contributed by atoms with Crippen LogP contribution in [0.5, 0.6) is 0 Å². The van der Waals surface area contributed by atoms with Gasteiger partial charge >= 0.3 is 5.51 Å². The van der Waals surface area contributed by atoms with Crippen molar-refractivity contribution in [2.75, 3.05) is 6.26 Å². The van der Waals surface area contributed by atoms with E-state index >= 15 is 0 Å². The van der Waals surface area contributed by atoms with Crippen molar-refractivity contribution in [2.24, 2.45) is 7.05 Å². The summed E-state index contributed by atoms with van der Waals surface area (Å²) < 4.78 is 60.7. The molecule has 1 aromatic heterocycles. The molecule has 1 heterocycles. The fourth-order valence-corrected chi connectivity index (χ4v) is 1.73. The van der Waals surface area contributed by atoms with Gasteiger partial charge in [-0.25, -0.2) is 13.4 Å². The van der Waals surface area contributed by atoms with Gasteiger partial charge in [-0.3, -0.25) is 0 Å². The highest BCUT2D eigenvalue weighted by Crippen LogP contribution is 2.20. The minimum atomic E-state index is -6.09. The molecule has 0 N–H and O–H groups in total. The van der Waals surface area contributed by atoms with Gasteiger partial charge in [0.2, 0.25) is 6.20 Å². The standard InChI is InChI=1S/C11H12N3S.CHF3O3S/c1-14-8-10(12-11(13-14)15-2)9-6-4-3-5-7-9;2-1(3,4)8(5,6)7/h3-8H,1-2H3;(H,5,6,7)/q+1;/p-1. The molecule has 0 fully saturated rings. The van der Waals surface area contributed by atoms with Crippen LogP contribution in [0.1, 0.15) is 0 Å². The predicted octanol–water partition coefficient (Wildman–Crippen LogP) is 1.74. The largest absolute Gasteiger partial charge is 0.741 e. The molecule has 0 aliphatic rings. The van der Waals surface area contributed by atoms with Gasteiger partial charge in [-0.2, -0.15) is 13.2 Å². The van der Waals surface area contributed by atoms with Crippen LogP contribution in [-0.4, -0.2) is 34.8 Å². The summed E-state index contributed by atoms with van der Waals surface area (Å²) in [6.07, 6.45) is 3.90. The van der Waals surface area contributed by atoms with E-state index in [1.165, 1.54) is 0 Å². The molecular weight excluding hydrogens is 355 g/mol. The lowest BCUT2D eigenvalue weighted by Crippen LogP contribution is -2.33. The van der Waals surface area contributed by atoms with E-state index in [-0.39, 0.29) is 0 Å². The van der Waals surface area contributed by atoms with E-state index in [0.717, 1.165) is 16.4 Å². The second-order valence-electron chi connectivity index (χ2n) is 4.05. The highest BCUT2D eigenvalue weighted by Gasteiger charge is 2.36. The van der Waals surface area contributed by atoms with Crippen LogP contribution < -0.4 is 4.68 Å². The fraction of sp³-hybridized carbons (Fsp3) is 0.250. The maximum Gasteiger partial charge on any atom is 0.485 e. The van der Waals surface area contributed by atoms with E-state index in [0.29, 0.717) is 0 Å². The first kappa shape index (κ1) is 19.3. The van der Waals surface area contributed by atoms with Crippen molar-refractivity contribution in [1.82, 2.24) is 10.1 Å². The van der Waals surface area contributed by atoms with Crippen molar-refractivity contribution in [3.8, 4) is 11.3 Å². The molecular formula is C12H12F3N3O3S2. The van der Waals surface area contributed by atoms with Crippen LogP contribution in [0.2, 0.25) is 0 Å². The Labute approximate surface area is 135 Å². The van der Waals surface area contributed by atoms with Gasteiger partial charge in [-0.1, -0.05) is 46.8 Å². The van der Waals surface area contributed by atoms with Crippen LogP contribution >= 0.6 is 11.8 Å². The third-order valence-corrected chi connectivity index (χ3v) is 3.41. The average Bonchev–Trinajstić information content (AvgIpc) is 2.46. The van der Waals surface area contributed by atoms with E-state index in [2.05, 4.69) is 10.1 Å². The van der Waals surface area contributed by atoms with E-state index < -0.39 is 15.6 Å². The molecule has 6 nitrogen and oxygen atoms in total. The fourth-order valence-electron chi connectivity index (χ4n) is 1.33. The summed E-state index contributed by atoms with van der Waals surface area (Å²) in [7, 11) is -4.18. The number of halogens is 3. The van der Waals surface area contributed by atoms with Gasteiger partial charge in [0.15, 0.2) is 17.2 Å². The number of benzene rings is 1. The average molecular weight is 367 g/mol. The minimum absolute atomic E-state index is 0.791. The van der Waals surface area contributed by atoms with Gasteiger partial charge in [-0.15, -0.1) is 0 Å². The Hall–Kier alpha value is -1.72. The van der Waals surface area contributed by atoms with Crippen LogP contribution in [-0.2, 0) is 17.2 Å². The highest BCUT2D eigenvalue weighted by atomic mass is 32.2. The highest BCUT2D eigenvalue weighted by molar-refractivity contribution is 7.98. The van der Waals surface area contributed by atoms with Crippen molar-refractivity contribution < 1.29 is 30.8 Å². The van der Waals surface area contributed by atoms with Crippen molar-refractivity contribution in [1.29, 1.82) is 0 Å². The van der Waals surface area contributed by atoms with Gasteiger partial charge in [0.05, 0.1) is 0 Å². The number of aryl methyl sites for hydroxylation is 1. The molecule has 2 aromatic rings. The first-order chi connectivity index (χ1) is 10.5. The second-order valence-corrected chi connectivity index (χ2v) is 6.20. The first-order valence-corrected chi connectivity index (χ1v) is 8.54. The monoisotopic (exact) mass is 367 g/mol. The number of hydrogen-bond acceptors (Lipinski definition) is 6. The van der Waals surface area contributed by atoms with Crippen molar-refractivity contribution in [3.63, 3.8) is 0 Å². The number of thioether (sulfide) groups is 1. The molecule has 11 heteroatoms. The summed E-state index contributed by atoms with van der Waals surface area (Å²) in [5.74, 6) is 0. The molecule has 23 heavy (non-hydrogen) atoms. The van der Waals surface area contributed by atoms with E-state index in [1.807, 2.05) is 49.8 Å². The second kappa shape index (κ2) is 7.70. The molecule has 0 spiro atoms. The Morgan fingerprint density at radius 2 is 1.74 bits per heavy atom. The van der Waals surface area contributed by atoms with Gasteiger partial charge < -0.3 is 4.55 Å². The molecule has 0 radical (unpaired) electrons. The molecule has 0 aliphatic heterocycles. The van der Waals surface area contributed by atoms with Crippen LogP contribution in [0.3, 0.4) is 0 Å². The normalized spacial score (nSPS) is 11.6. The topological polar surface area (TPSA) is 86.9 Å². The lowest BCUT2D eigenvalue weighted by atomic mass is 10.2. The van der Waals surface area contributed by atoms with Crippen LogP contribution in [0, 0.1) is 0 Å². The SMILES string of the molecule is CSc1nc(-c2ccccc2)c[n+](C)n1.O=S(=O)([O-])C(F)(F)F.